The maximum absolute atomic E-state index is 12.6. The standard InChI is InChI=1S/C24H32BrN3O3/c1-5-28(6-2)14-13-26-23(29)18-7-10-20(11-8-18)27-24(30)19-9-12-22(21(25)15-19)31-16-17(3)4/h7-12,15,17H,5-6,13-14,16H2,1-4H3,(H,26,29)(H,27,30). The molecule has 2 aromatic rings. The van der Waals surface area contributed by atoms with Crippen molar-refractivity contribution < 1.29 is 14.3 Å². The van der Waals surface area contributed by atoms with Gasteiger partial charge in [-0.3, -0.25) is 9.59 Å². The van der Waals surface area contributed by atoms with Crippen LogP contribution >= 0.6 is 15.9 Å². The molecule has 0 bridgehead atoms. The Labute approximate surface area is 193 Å². The summed E-state index contributed by atoms with van der Waals surface area (Å²) in [6, 6.07) is 12.1. The molecule has 0 aromatic heterocycles. The maximum Gasteiger partial charge on any atom is 0.255 e. The van der Waals surface area contributed by atoms with Gasteiger partial charge in [0.2, 0.25) is 0 Å². The summed E-state index contributed by atoms with van der Waals surface area (Å²) in [5.74, 6) is 0.780. The fourth-order valence-electron chi connectivity index (χ4n) is 2.89. The molecule has 0 spiro atoms. The lowest BCUT2D eigenvalue weighted by Crippen LogP contribution is -2.34. The smallest absolute Gasteiger partial charge is 0.255 e. The highest BCUT2D eigenvalue weighted by molar-refractivity contribution is 9.10. The zero-order chi connectivity index (χ0) is 22.8. The molecular weight excluding hydrogens is 458 g/mol. The van der Waals surface area contributed by atoms with E-state index in [2.05, 4.69) is 59.2 Å². The van der Waals surface area contributed by atoms with Gasteiger partial charge in [-0.05, 0) is 77.4 Å². The number of benzene rings is 2. The summed E-state index contributed by atoms with van der Waals surface area (Å²) in [5, 5.41) is 5.78. The van der Waals surface area contributed by atoms with Gasteiger partial charge in [-0.2, -0.15) is 0 Å². The highest BCUT2D eigenvalue weighted by atomic mass is 79.9. The van der Waals surface area contributed by atoms with Gasteiger partial charge in [-0.1, -0.05) is 27.7 Å². The Hall–Kier alpha value is -2.38. The van der Waals surface area contributed by atoms with Gasteiger partial charge in [0.1, 0.15) is 5.75 Å². The maximum atomic E-state index is 12.6. The van der Waals surface area contributed by atoms with Crippen LogP contribution in [0.5, 0.6) is 5.75 Å². The Morgan fingerprint density at radius 2 is 1.65 bits per heavy atom. The summed E-state index contributed by atoms with van der Waals surface area (Å²) in [7, 11) is 0. The van der Waals surface area contributed by atoms with Crippen molar-refractivity contribution in [1.82, 2.24) is 10.2 Å². The van der Waals surface area contributed by atoms with Crippen molar-refractivity contribution >= 4 is 33.4 Å². The summed E-state index contributed by atoms with van der Waals surface area (Å²) in [4.78, 5) is 27.1. The first-order valence-corrected chi connectivity index (χ1v) is 11.5. The second-order valence-corrected chi connectivity index (χ2v) is 8.52. The van der Waals surface area contributed by atoms with Crippen LogP contribution in [0.1, 0.15) is 48.4 Å². The van der Waals surface area contributed by atoms with Crippen LogP contribution < -0.4 is 15.4 Å². The van der Waals surface area contributed by atoms with E-state index in [1.54, 1.807) is 42.5 Å². The van der Waals surface area contributed by atoms with Crippen LogP contribution in [0.25, 0.3) is 0 Å². The van der Waals surface area contributed by atoms with E-state index in [4.69, 9.17) is 4.74 Å². The lowest BCUT2D eigenvalue weighted by atomic mass is 10.1. The van der Waals surface area contributed by atoms with Gasteiger partial charge in [0.25, 0.3) is 11.8 Å². The van der Waals surface area contributed by atoms with E-state index in [1.165, 1.54) is 0 Å². The van der Waals surface area contributed by atoms with Gasteiger partial charge < -0.3 is 20.3 Å². The molecule has 0 saturated heterocycles. The van der Waals surface area contributed by atoms with Crippen LogP contribution in [-0.4, -0.2) is 49.5 Å². The average molecular weight is 490 g/mol. The number of carbonyl (C=O) groups excluding carboxylic acids is 2. The molecule has 0 aliphatic heterocycles. The number of ether oxygens (including phenoxy) is 1. The fraction of sp³-hybridized carbons (Fsp3) is 0.417. The molecule has 0 fully saturated rings. The van der Waals surface area contributed by atoms with Crippen LogP contribution in [0.3, 0.4) is 0 Å². The van der Waals surface area contributed by atoms with Gasteiger partial charge in [-0.15, -0.1) is 0 Å². The number of nitrogens with one attached hydrogen (secondary N) is 2. The molecule has 31 heavy (non-hydrogen) atoms. The minimum absolute atomic E-state index is 0.119. The number of likely N-dealkylation sites (N-methyl/N-ethyl adjacent to an activating group) is 1. The van der Waals surface area contributed by atoms with Crippen molar-refractivity contribution in [2.24, 2.45) is 5.92 Å². The lowest BCUT2D eigenvalue weighted by molar-refractivity contribution is 0.0948. The Balaban J connectivity index is 1.91. The molecule has 0 aliphatic rings. The van der Waals surface area contributed by atoms with Gasteiger partial charge in [0.05, 0.1) is 11.1 Å². The van der Waals surface area contributed by atoms with E-state index in [0.29, 0.717) is 41.6 Å². The SMILES string of the molecule is CCN(CC)CCNC(=O)c1ccc(NC(=O)c2ccc(OCC(C)C)c(Br)c2)cc1. The fourth-order valence-corrected chi connectivity index (χ4v) is 3.39. The third-order valence-electron chi connectivity index (χ3n) is 4.78. The largest absolute Gasteiger partial charge is 0.492 e. The summed E-state index contributed by atoms with van der Waals surface area (Å²) in [5.41, 5.74) is 1.70. The lowest BCUT2D eigenvalue weighted by Gasteiger charge is -2.18. The van der Waals surface area contributed by atoms with Crippen molar-refractivity contribution in [2.75, 3.05) is 38.1 Å². The van der Waals surface area contributed by atoms with E-state index in [9.17, 15) is 9.59 Å². The number of hydrogen-bond donors (Lipinski definition) is 2. The summed E-state index contributed by atoms with van der Waals surface area (Å²) in [6.45, 7) is 12.3. The average Bonchev–Trinajstić information content (AvgIpc) is 2.76. The molecule has 0 unspecified atom stereocenters. The highest BCUT2D eigenvalue weighted by Gasteiger charge is 2.11. The number of rotatable bonds is 11. The minimum Gasteiger partial charge on any atom is -0.492 e. The van der Waals surface area contributed by atoms with Gasteiger partial charge in [0.15, 0.2) is 0 Å². The Morgan fingerprint density at radius 1 is 1.00 bits per heavy atom. The molecule has 168 valence electrons. The number of carbonyl (C=O) groups is 2. The molecule has 2 rings (SSSR count). The van der Waals surface area contributed by atoms with Crippen molar-refractivity contribution in [2.45, 2.75) is 27.7 Å². The van der Waals surface area contributed by atoms with Crippen molar-refractivity contribution in [3.63, 3.8) is 0 Å². The number of hydrogen-bond acceptors (Lipinski definition) is 4. The molecule has 0 saturated carbocycles. The molecular formula is C24H32BrN3O3. The van der Waals surface area contributed by atoms with Gasteiger partial charge in [-0.25, -0.2) is 0 Å². The molecule has 7 heteroatoms. The van der Waals surface area contributed by atoms with Gasteiger partial charge >= 0.3 is 0 Å². The molecule has 2 N–H and O–H groups in total. The van der Waals surface area contributed by atoms with Crippen LogP contribution in [0.2, 0.25) is 0 Å². The normalized spacial score (nSPS) is 10.9. The third kappa shape index (κ3) is 7.99. The van der Waals surface area contributed by atoms with Crippen LogP contribution in [0.15, 0.2) is 46.9 Å². The van der Waals surface area contributed by atoms with Crippen molar-refractivity contribution in [3.8, 4) is 5.75 Å². The number of anilines is 1. The number of nitrogens with zero attached hydrogens (tertiary/aromatic N) is 1. The quantitative estimate of drug-likeness (QED) is 0.475. The van der Waals surface area contributed by atoms with E-state index < -0.39 is 0 Å². The van der Waals surface area contributed by atoms with E-state index >= 15 is 0 Å². The second-order valence-electron chi connectivity index (χ2n) is 7.66. The third-order valence-corrected chi connectivity index (χ3v) is 5.40. The topological polar surface area (TPSA) is 70.7 Å². The number of halogens is 1. The molecule has 2 amide bonds. The van der Waals surface area contributed by atoms with E-state index in [-0.39, 0.29) is 11.8 Å². The predicted octanol–water partition coefficient (Wildman–Crippen LogP) is 4.81. The molecule has 0 aliphatic carbocycles. The van der Waals surface area contributed by atoms with Crippen molar-refractivity contribution in [1.29, 1.82) is 0 Å². The zero-order valence-corrected chi connectivity index (χ0v) is 20.3. The zero-order valence-electron chi connectivity index (χ0n) is 18.7. The molecule has 0 atom stereocenters. The first-order valence-electron chi connectivity index (χ1n) is 10.7. The molecule has 0 radical (unpaired) electrons. The van der Waals surface area contributed by atoms with Crippen molar-refractivity contribution in [3.05, 3.63) is 58.1 Å². The highest BCUT2D eigenvalue weighted by Crippen LogP contribution is 2.27. The van der Waals surface area contributed by atoms with Gasteiger partial charge in [0, 0.05) is 29.9 Å². The van der Waals surface area contributed by atoms with Crippen LogP contribution in [0, 0.1) is 5.92 Å². The summed E-state index contributed by atoms with van der Waals surface area (Å²) >= 11 is 3.46. The Morgan fingerprint density at radius 3 is 2.23 bits per heavy atom. The second kappa shape index (κ2) is 12.5. The molecule has 2 aromatic carbocycles. The summed E-state index contributed by atoms with van der Waals surface area (Å²) in [6.07, 6.45) is 0. The predicted molar refractivity (Wildman–Crippen MR) is 129 cm³/mol. The Kier molecular flexibility index (Phi) is 10.0. The first-order chi connectivity index (χ1) is 14.8. The minimum atomic E-state index is -0.229. The first kappa shape index (κ1) is 24.9. The Bertz CT molecular complexity index is 865. The molecule has 6 nitrogen and oxygen atoms in total. The van der Waals surface area contributed by atoms with Crippen LogP contribution in [0.4, 0.5) is 5.69 Å². The van der Waals surface area contributed by atoms with E-state index in [0.717, 1.165) is 24.1 Å². The monoisotopic (exact) mass is 489 g/mol. The molecule has 0 heterocycles. The van der Waals surface area contributed by atoms with Crippen LogP contribution in [-0.2, 0) is 0 Å². The van der Waals surface area contributed by atoms with E-state index in [1.807, 2.05) is 0 Å². The summed E-state index contributed by atoms with van der Waals surface area (Å²) < 4.78 is 6.46. The number of amides is 2.